The highest BCUT2D eigenvalue weighted by molar-refractivity contribution is 6.31. The summed E-state index contributed by atoms with van der Waals surface area (Å²) in [6, 6.07) is 4.22. The Hall–Kier alpha value is -0.600. The Bertz CT molecular complexity index is 314. The zero-order valence-corrected chi connectivity index (χ0v) is 9.05. The fourth-order valence-electron chi connectivity index (χ4n) is 1.42. The zero-order valence-electron chi connectivity index (χ0n) is 8.30. The highest BCUT2D eigenvalue weighted by Gasteiger charge is 2.17. The maximum Gasteiger partial charge on any atom is 0.123 e. The standard InChI is InChI=1S/C11H14ClFO/c1-3-11(14)7(2)9-6-8(13)4-5-10(9)12/h4-7,11,14H,3H2,1-2H3. The van der Waals surface area contributed by atoms with Crippen molar-refractivity contribution in [3.8, 4) is 0 Å². The first-order valence-electron chi connectivity index (χ1n) is 4.69. The molecule has 1 nitrogen and oxygen atoms in total. The van der Waals surface area contributed by atoms with E-state index in [1.807, 2.05) is 13.8 Å². The molecule has 0 heterocycles. The van der Waals surface area contributed by atoms with E-state index >= 15 is 0 Å². The molecule has 2 atom stereocenters. The molecule has 0 fully saturated rings. The van der Waals surface area contributed by atoms with E-state index in [1.54, 1.807) is 0 Å². The largest absolute Gasteiger partial charge is 0.393 e. The molecule has 3 heteroatoms. The van der Waals surface area contributed by atoms with Gasteiger partial charge in [0.05, 0.1) is 6.10 Å². The lowest BCUT2D eigenvalue weighted by atomic mass is 9.94. The van der Waals surface area contributed by atoms with Crippen LogP contribution in [0.3, 0.4) is 0 Å². The summed E-state index contributed by atoms with van der Waals surface area (Å²) >= 11 is 5.91. The summed E-state index contributed by atoms with van der Waals surface area (Å²) in [5.74, 6) is -0.456. The van der Waals surface area contributed by atoms with Crippen molar-refractivity contribution in [3.05, 3.63) is 34.6 Å². The van der Waals surface area contributed by atoms with Gasteiger partial charge in [-0.2, -0.15) is 0 Å². The number of aliphatic hydroxyl groups excluding tert-OH is 1. The number of halogens is 2. The van der Waals surface area contributed by atoms with Gasteiger partial charge in [0.1, 0.15) is 5.82 Å². The zero-order chi connectivity index (χ0) is 10.7. The minimum absolute atomic E-state index is 0.136. The number of rotatable bonds is 3. The number of hydrogen-bond acceptors (Lipinski definition) is 1. The summed E-state index contributed by atoms with van der Waals surface area (Å²) < 4.78 is 12.9. The lowest BCUT2D eigenvalue weighted by Gasteiger charge is -2.18. The molecule has 0 aliphatic rings. The van der Waals surface area contributed by atoms with E-state index in [0.717, 1.165) is 0 Å². The quantitative estimate of drug-likeness (QED) is 0.822. The number of benzene rings is 1. The predicted molar refractivity (Wildman–Crippen MR) is 56.1 cm³/mol. The minimum atomic E-state index is -0.478. The molecule has 0 radical (unpaired) electrons. The lowest BCUT2D eigenvalue weighted by molar-refractivity contribution is 0.145. The average Bonchev–Trinajstić information content (AvgIpc) is 2.19. The topological polar surface area (TPSA) is 20.2 Å². The third kappa shape index (κ3) is 2.46. The van der Waals surface area contributed by atoms with Crippen LogP contribution in [0.25, 0.3) is 0 Å². The van der Waals surface area contributed by atoms with Crippen LogP contribution in [0.5, 0.6) is 0 Å². The van der Waals surface area contributed by atoms with E-state index in [1.165, 1.54) is 18.2 Å². The van der Waals surface area contributed by atoms with E-state index in [4.69, 9.17) is 11.6 Å². The van der Waals surface area contributed by atoms with Gasteiger partial charge in [-0.05, 0) is 30.2 Å². The summed E-state index contributed by atoms with van der Waals surface area (Å²) in [4.78, 5) is 0. The normalized spacial score (nSPS) is 15.2. The van der Waals surface area contributed by atoms with Gasteiger partial charge in [0, 0.05) is 10.9 Å². The molecule has 0 spiro atoms. The SMILES string of the molecule is CCC(O)C(C)c1cc(F)ccc1Cl. The predicted octanol–water partition coefficient (Wildman–Crippen LogP) is 3.35. The van der Waals surface area contributed by atoms with Gasteiger partial charge >= 0.3 is 0 Å². The summed E-state index contributed by atoms with van der Waals surface area (Å²) in [5, 5.41) is 10.1. The van der Waals surface area contributed by atoms with Crippen LogP contribution in [0, 0.1) is 5.82 Å². The molecular formula is C11H14ClFO. The van der Waals surface area contributed by atoms with Crippen molar-refractivity contribution in [3.63, 3.8) is 0 Å². The molecule has 78 valence electrons. The maximum atomic E-state index is 12.9. The molecule has 1 aromatic carbocycles. The highest BCUT2D eigenvalue weighted by Crippen LogP contribution is 2.28. The molecule has 1 rings (SSSR count). The first-order chi connectivity index (χ1) is 6.56. The average molecular weight is 217 g/mol. The van der Waals surface area contributed by atoms with Crippen LogP contribution in [0.2, 0.25) is 5.02 Å². The summed E-state index contributed by atoms with van der Waals surface area (Å²) in [6.07, 6.45) is 0.155. The Morgan fingerprint density at radius 2 is 2.14 bits per heavy atom. The smallest absolute Gasteiger partial charge is 0.123 e. The molecule has 1 N–H and O–H groups in total. The van der Waals surface area contributed by atoms with E-state index in [0.29, 0.717) is 17.0 Å². The maximum absolute atomic E-state index is 12.9. The fraction of sp³-hybridized carbons (Fsp3) is 0.455. The molecule has 0 saturated heterocycles. The number of hydrogen-bond donors (Lipinski definition) is 1. The molecule has 0 aromatic heterocycles. The second kappa shape index (κ2) is 4.76. The van der Waals surface area contributed by atoms with Crippen molar-refractivity contribution < 1.29 is 9.50 Å². The first-order valence-corrected chi connectivity index (χ1v) is 5.07. The second-order valence-electron chi connectivity index (χ2n) is 3.43. The Morgan fingerprint density at radius 1 is 1.50 bits per heavy atom. The van der Waals surface area contributed by atoms with Gasteiger partial charge in [0.25, 0.3) is 0 Å². The Morgan fingerprint density at radius 3 is 2.71 bits per heavy atom. The Kier molecular flexibility index (Phi) is 3.90. The molecule has 0 bridgehead atoms. The van der Waals surface area contributed by atoms with Crippen molar-refractivity contribution in [1.82, 2.24) is 0 Å². The van der Waals surface area contributed by atoms with Gasteiger partial charge in [0.2, 0.25) is 0 Å². The van der Waals surface area contributed by atoms with Crippen molar-refractivity contribution in [2.75, 3.05) is 0 Å². The van der Waals surface area contributed by atoms with Crippen molar-refractivity contribution in [2.24, 2.45) is 0 Å². The van der Waals surface area contributed by atoms with Crippen LogP contribution < -0.4 is 0 Å². The molecule has 0 aliphatic heterocycles. The fourth-order valence-corrected chi connectivity index (χ4v) is 1.71. The Balaban J connectivity index is 2.99. The van der Waals surface area contributed by atoms with E-state index in [9.17, 15) is 9.50 Å². The van der Waals surface area contributed by atoms with Crippen LogP contribution in [0.1, 0.15) is 31.7 Å². The number of aliphatic hydroxyl groups is 1. The lowest BCUT2D eigenvalue weighted by Crippen LogP contribution is -2.14. The molecule has 2 unspecified atom stereocenters. The second-order valence-corrected chi connectivity index (χ2v) is 3.84. The van der Waals surface area contributed by atoms with Crippen LogP contribution in [-0.4, -0.2) is 11.2 Å². The molecule has 1 aromatic rings. The van der Waals surface area contributed by atoms with E-state index < -0.39 is 6.10 Å². The molecular weight excluding hydrogens is 203 g/mol. The summed E-state index contributed by atoms with van der Waals surface area (Å²) in [6.45, 7) is 3.73. The summed E-state index contributed by atoms with van der Waals surface area (Å²) in [5.41, 5.74) is 0.668. The van der Waals surface area contributed by atoms with Crippen molar-refractivity contribution in [2.45, 2.75) is 32.3 Å². The molecule has 0 saturated carbocycles. The molecule has 14 heavy (non-hydrogen) atoms. The Labute approximate surface area is 88.5 Å². The monoisotopic (exact) mass is 216 g/mol. The third-order valence-electron chi connectivity index (χ3n) is 2.44. The van der Waals surface area contributed by atoms with Crippen LogP contribution in [0.15, 0.2) is 18.2 Å². The van der Waals surface area contributed by atoms with Crippen molar-refractivity contribution >= 4 is 11.6 Å². The van der Waals surface area contributed by atoms with Gasteiger partial charge < -0.3 is 5.11 Å². The van der Waals surface area contributed by atoms with Crippen molar-refractivity contribution in [1.29, 1.82) is 0 Å². The van der Waals surface area contributed by atoms with Crippen LogP contribution >= 0.6 is 11.6 Å². The minimum Gasteiger partial charge on any atom is -0.393 e. The first kappa shape index (κ1) is 11.5. The van der Waals surface area contributed by atoms with Gasteiger partial charge in [0.15, 0.2) is 0 Å². The molecule has 0 aliphatic carbocycles. The van der Waals surface area contributed by atoms with Gasteiger partial charge in [-0.3, -0.25) is 0 Å². The van der Waals surface area contributed by atoms with Gasteiger partial charge in [-0.15, -0.1) is 0 Å². The summed E-state index contributed by atoms with van der Waals surface area (Å²) in [7, 11) is 0. The third-order valence-corrected chi connectivity index (χ3v) is 2.79. The van der Waals surface area contributed by atoms with E-state index in [-0.39, 0.29) is 11.7 Å². The van der Waals surface area contributed by atoms with Crippen LogP contribution in [0.4, 0.5) is 4.39 Å². The van der Waals surface area contributed by atoms with Gasteiger partial charge in [-0.1, -0.05) is 25.4 Å². The van der Waals surface area contributed by atoms with E-state index in [2.05, 4.69) is 0 Å². The molecule has 0 amide bonds. The van der Waals surface area contributed by atoms with Crippen LogP contribution in [-0.2, 0) is 0 Å². The highest BCUT2D eigenvalue weighted by atomic mass is 35.5. The van der Waals surface area contributed by atoms with Gasteiger partial charge in [-0.25, -0.2) is 4.39 Å².